The highest BCUT2D eigenvalue weighted by molar-refractivity contribution is 5.84. The van der Waals surface area contributed by atoms with Crippen LogP contribution in [0.15, 0.2) is 48.5 Å². The molecule has 1 aliphatic carbocycles. The van der Waals surface area contributed by atoms with Gasteiger partial charge in [-0.2, -0.15) is 0 Å². The van der Waals surface area contributed by atoms with E-state index in [4.69, 9.17) is 9.47 Å². The number of aliphatic carboxylic acids is 1. The van der Waals surface area contributed by atoms with E-state index in [0.717, 1.165) is 22.3 Å². The molecule has 3 atom stereocenters. The second kappa shape index (κ2) is 11.7. The Kier molecular flexibility index (Phi) is 8.65. The van der Waals surface area contributed by atoms with E-state index in [1.165, 1.54) is 7.11 Å². The highest BCUT2D eigenvalue weighted by atomic mass is 16.5. The third-order valence-corrected chi connectivity index (χ3v) is 6.36. The molecule has 1 aliphatic rings. The van der Waals surface area contributed by atoms with Gasteiger partial charge in [0.05, 0.1) is 12.5 Å². The van der Waals surface area contributed by atoms with Crippen LogP contribution >= 0.6 is 0 Å². The predicted molar refractivity (Wildman–Crippen MR) is 128 cm³/mol. The molecule has 0 bridgehead atoms. The molecule has 0 saturated heterocycles. The number of methoxy groups -OCH3 is 1. The molecule has 0 aromatic heterocycles. The molecule has 3 rings (SSSR count). The first-order valence-electron chi connectivity index (χ1n) is 11.5. The maximum atomic E-state index is 12.4. The first-order chi connectivity index (χ1) is 16.3. The monoisotopic (exact) mass is 468 g/mol. The van der Waals surface area contributed by atoms with Crippen molar-refractivity contribution in [3.63, 3.8) is 0 Å². The maximum absolute atomic E-state index is 12.4. The maximum Gasteiger partial charge on any atom is 0.407 e. The van der Waals surface area contributed by atoms with Crippen LogP contribution in [0, 0.1) is 5.92 Å². The van der Waals surface area contributed by atoms with Crippen LogP contribution in [0.5, 0.6) is 0 Å². The number of rotatable bonds is 11. The fourth-order valence-corrected chi connectivity index (χ4v) is 4.21. The number of carboxylic acids is 1. The minimum absolute atomic E-state index is 0.0457. The summed E-state index contributed by atoms with van der Waals surface area (Å²) in [4.78, 5) is 36.1. The number of carbonyl (C=O) groups is 3. The Morgan fingerprint density at radius 2 is 1.62 bits per heavy atom. The van der Waals surface area contributed by atoms with Crippen molar-refractivity contribution < 1.29 is 29.0 Å². The van der Waals surface area contributed by atoms with Gasteiger partial charge in [0.2, 0.25) is 5.91 Å². The normalized spacial score (nSPS) is 14.9. The Balaban J connectivity index is 1.51. The molecule has 0 aliphatic heterocycles. The fourth-order valence-electron chi connectivity index (χ4n) is 4.21. The van der Waals surface area contributed by atoms with E-state index >= 15 is 0 Å². The van der Waals surface area contributed by atoms with Gasteiger partial charge in [-0.25, -0.2) is 9.59 Å². The van der Waals surface area contributed by atoms with Gasteiger partial charge < -0.3 is 25.2 Å². The highest BCUT2D eigenvalue weighted by Gasteiger charge is 2.29. The van der Waals surface area contributed by atoms with E-state index < -0.39 is 30.1 Å². The van der Waals surface area contributed by atoms with Gasteiger partial charge in [-0.05, 0) is 28.2 Å². The molecule has 0 radical (unpaired) electrons. The number of nitrogens with one attached hydrogen (secondary N) is 2. The Morgan fingerprint density at radius 3 is 2.15 bits per heavy atom. The zero-order valence-corrected chi connectivity index (χ0v) is 19.7. The van der Waals surface area contributed by atoms with Crippen LogP contribution in [-0.2, 0) is 19.1 Å². The molecule has 34 heavy (non-hydrogen) atoms. The predicted octanol–water partition coefficient (Wildman–Crippen LogP) is 3.55. The summed E-state index contributed by atoms with van der Waals surface area (Å²) in [6.45, 7) is 3.88. The molecule has 0 saturated carbocycles. The van der Waals surface area contributed by atoms with Crippen LogP contribution in [-0.4, -0.2) is 55.5 Å². The van der Waals surface area contributed by atoms with Crippen molar-refractivity contribution in [2.45, 2.75) is 44.8 Å². The zero-order chi connectivity index (χ0) is 24.7. The molecule has 8 nitrogen and oxygen atoms in total. The van der Waals surface area contributed by atoms with Crippen LogP contribution in [0.4, 0.5) is 4.79 Å². The van der Waals surface area contributed by atoms with Crippen LogP contribution < -0.4 is 10.6 Å². The standard InChI is InChI=1S/C26H32N2O6/c1-4-16(2)24(25(30)31)28-23(29)13-17(33-3)14-27-26(32)34-15-22-20-11-7-5-9-18(20)19-10-6-8-12-21(19)22/h5-12,16-17,22,24H,4,13-15H2,1-3H3,(H,27,32)(H,28,29)(H,30,31)/t16-,17?,24-/m0/s1. The van der Waals surface area contributed by atoms with Crippen LogP contribution in [0.1, 0.15) is 43.7 Å². The van der Waals surface area contributed by atoms with E-state index in [2.05, 4.69) is 22.8 Å². The van der Waals surface area contributed by atoms with Crippen LogP contribution in [0.2, 0.25) is 0 Å². The van der Waals surface area contributed by atoms with Crippen molar-refractivity contribution in [3.8, 4) is 11.1 Å². The topological polar surface area (TPSA) is 114 Å². The number of hydrogen-bond donors (Lipinski definition) is 3. The van der Waals surface area contributed by atoms with Crippen molar-refractivity contribution in [2.75, 3.05) is 20.3 Å². The molecule has 0 fully saturated rings. The van der Waals surface area contributed by atoms with Gasteiger partial charge in [-0.15, -0.1) is 0 Å². The number of fused-ring (bicyclic) bond motifs is 3. The Hall–Kier alpha value is -3.39. The van der Waals surface area contributed by atoms with Gasteiger partial charge in [-0.1, -0.05) is 68.8 Å². The molecule has 2 aromatic rings. The van der Waals surface area contributed by atoms with Gasteiger partial charge >= 0.3 is 12.1 Å². The molecule has 1 unspecified atom stereocenters. The van der Waals surface area contributed by atoms with Crippen LogP contribution in [0.3, 0.4) is 0 Å². The molecule has 0 spiro atoms. The molecule has 182 valence electrons. The lowest BCUT2D eigenvalue weighted by Crippen LogP contribution is -2.46. The minimum Gasteiger partial charge on any atom is -0.480 e. The lowest BCUT2D eigenvalue weighted by Gasteiger charge is -2.22. The molecule has 2 aromatic carbocycles. The second-order valence-electron chi connectivity index (χ2n) is 8.54. The third kappa shape index (κ3) is 5.94. The molecule has 2 amide bonds. The lowest BCUT2D eigenvalue weighted by atomic mass is 9.98. The third-order valence-electron chi connectivity index (χ3n) is 6.36. The number of hydrogen-bond acceptors (Lipinski definition) is 5. The lowest BCUT2D eigenvalue weighted by molar-refractivity contribution is -0.143. The SMILES string of the molecule is CC[C@H](C)[C@H](NC(=O)CC(CNC(=O)OCC1c2ccccc2-c2ccccc21)OC)C(=O)O. The molecule has 3 N–H and O–H groups in total. The van der Waals surface area contributed by atoms with Gasteiger partial charge in [0, 0.05) is 19.6 Å². The summed E-state index contributed by atoms with van der Waals surface area (Å²) < 4.78 is 10.8. The average Bonchev–Trinajstić information content (AvgIpc) is 3.16. The number of benzene rings is 2. The smallest absolute Gasteiger partial charge is 0.407 e. The van der Waals surface area contributed by atoms with E-state index in [-0.39, 0.29) is 31.4 Å². The van der Waals surface area contributed by atoms with Crippen molar-refractivity contribution in [1.29, 1.82) is 0 Å². The van der Waals surface area contributed by atoms with E-state index in [1.54, 1.807) is 6.92 Å². The largest absolute Gasteiger partial charge is 0.480 e. The highest BCUT2D eigenvalue weighted by Crippen LogP contribution is 2.44. The number of carbonyl (C=O) groups excluding carboxylic acids is 2. The van der Waals surface area contributed by atoms with E-state index in [9.17, 15) is 19.5 Å². The molecule has 0 heterocycles. The summed E-state index contributed by atoms with van der Waals surface area (Å²) in [7, 11) is 1.43. The van der Waals surface area contributed by atoms with E-state index in [1.807, 2.05) is 43.3 Å². The number of ether oxygens (including phenoxy) is 2. The summed E-state index contributed by atoms with van der Waals surface area (Å²) in [5, 5.41) is 14.5. The Morgan fingerprint density at radius 1 is 1.03 bits per heavy atom. The summed E-state index contributed by atoms with van der Waals surface area (Å²) in [6.07, 6.45) is -0.687. The summed E-state index contributed by atoms with van der Waals surface area (Å²) in [6, 6.07) is 15.2. The number of carboxylic acid groups (broad SMARTS) is 1. The van der Waals surface area contributed by atoms with Gasteiger partial charge in [0.15, 0.2) is 0 Å². The van der Waals surface area contributed by atoms with Crippen LogP contribution in [0.25, 0.3) is 11.1 Å². The zero-order valence-electron chi connectivity index (χ0n) is 19.7. The van der Waals surface area contributed by atoms with Crippen molar-refractivity contribution in [1.82, 2.24) is 10.6 Å². The van der Waals surface area contributed by atoms with E-state index in [0.29, 0.717) is 6.42 Å². The summed E-state index contributed by atoms with van der Waals surface area (Å²) >= 11 is 0. The van der Waals surface area contributed by atoms with Crippen molar-refractivity contribution >= 4 is 18.0 Å². The van der Waals surface area contributed by atoms with Gasteiger partial charge in [0.25, 0.3) is 0 Å². The fraction of sp³-hybridized carbons (Fsp3) is 0.423. The van der Waals surface area contributed by atoms with Crippen molar-refractivity contribution in [2.24, 2.45) is 5.92 Å². The number of alkyl carbamates (subject to hydrolysis) is 1. The van der Waals surface area contributed by atoms with Gasteiger partial charge in [-0.3, -0.25) is 4.79 Å². The molecular weight excluding hydrogens is 436 g/mol. The minimum atomic E-state index is -1.08. The number of amides is 2. The molecular formula is C26H32N2O6. The van der Waals surface area contributed by atoms with Crippen molar-refractivity contribution in [3.05, 3.63) is 59.7 Å². The Labute approximate surface area is 199 Å². The summed E-state index contributed by atoms with van der Waals surface area (Å²) in [5.41, 5.74) is 4.54. The summed E-state index contributed by atoms with van der Waals surface area (Å²) in [5.74, 6) is -1.78. The average molecular weight is 469 g/mol. The quantitative estimate of drug-likeness (QED) is 0.465. The molecule has 8 heteroatoms. The first kappa shape index (κ1) is 25.2. The Bertz CT molecular complexity index is 978. The second-order valence-corrected chi connectivity index (χ2v) is 8.54. The first-order valence-corrected chi connectivity index (χ1v) is 11.5. The van der Waals surface area contributed by atoms with Gasteiger partial charge in [0.1, 0.15) is 12.6 Å².